The molecular weight excluding hydrogens is 462 g/mol. The smallest absolute Gasteiger partial charge is 0.243 e. The molecule has 0 radical (unpaired) electrons. The Morgan fingerprint density at radius 1 is 0.788 bits per heavy atom. The Morgan fingerprint density at radius 2 is 1.36 bits per heavy atom. The van der Waals surface area contributed by atoms with Gasteiger partial charge in [-0.1, -0.05) is 30.3 Å². The Balaban J connectivity index is 1.35. The number of piperidine rings is 1. The highest BCUT2D eigenvalue weighted by atomic mass is 32.2. The summed E-state index contributed by atoms with van der Waals surface area (Å²) in [5, 5.41) is 2.87. The minimum absolute atomic E-state index is 0.149. The van der Waals surface area contributed by atoms with E-state index in [9.17, 15) is 21.6 Å². The van der Waals surface area contributed by atoms with Crippen molar-refractivity contribution in [2.45, 2.75) is 42.0 Å². The fourth-order valence-corrected chi connectivity index (χ4v) is 7.37. The van der Waals surface area contributed by atoms with Gasteiger partial charge in [-0.2, -0.15) is 8.61 Å². The van der Waals surface area contributed by atoms with Gasteiger partial charge in [0.2, 0.25) is 26.0 Å². The summed E-state index contributed by atoms with van der Waals surface area (Å²) in [5.74, 6) is -0.621. The van der Waals surface area contributed by atoms with E-state index in [0.717, 1.165) is 18.4 Å². The number of amides is 1. The molecule has 0 bridgehead atoms. The van der Waals surface area contributed by atoms with E-state index in [-0.39, 0.29) is 28.8 Å². The molecule has 2 saturated heterocycles. The first kappa shape index (κ1) is 23.9. The van der Waals surface area contributed by atoms with Crippen molar-refractivity contribution in [2.24, 2.45) is 5.92 Å². The zero-order valence-corrected chi connectivity index (χ0v) is 20.0. The number of carbonyl (C=O) groups excluding carboxylic acids is 1. The number of nitrogens with zero attached hydrogens (tertiary/aromatic N) is 2. The number of rotatable bonds is 7. The Bertz CT molecular complexity index is 1180. The summed E-state index contributed by atoms with van der Waals surface area (Å²) in [7, 11) is -7.09. The average molecular weight is 492 g/mol. The molecule has 178 valence electrons. The van der Waals surface area contributed by atoms with Gasteiger partial charge in [-0.05, 0) is 55.5 Å². The highest BCUT2D eigenvalue weighted by molar-refractivity contribution is 7.89. The summed E-state index contributed by atoms with van der Waals surface area (Å²) in [6.45, 7) is 1.91. The van der Waals surface area contributed by atoms with Crippen molar-refractivity contribution in [3.8, 4) is 0 Å². The van der Waals surface area contributed by atoms with Crippen molar-refractivity contribution in [1.82, 2.24) is 13.9 Å². The molecule has 1 unspecified atom stereocenters. The molecule has 0 spiro atoms. The van der Waals surface area contributed by atoms with Crippen LogP contribution in [0.5, 0.6) is 0 Å². The molecule has 4 rings (SSSR count). The summed E-state index contributed by atoms with van der Waals surface area (Å²) in [4.78, 5) is 13.2. The zero-order valence-electron chi connectivity index (χ0n) is 18.4. The normalized spacial score (nSPS) is 20.5. The van der Waals surface area contributed by atoms with Crippen LogP contribution in [0.25, 0.3) is 0 Å². The number of hydrogen-bond acceptors (Lipinski definition) is 5. The maximum absolute atomic E-state index is 12.9. The number of hydrogen-bond donors (Lipinski definition) is 1. The minimum atomic E-state index is -3.63. The van der Waals surface area contributed by atoms with Gasteiger partial charge in [-0.15, -0.1) is 0 Å². The fourth-order valence-electron chi connectivity index (χ4n) is 4.31. The largest absolute Gasteiger partial charge is 0.352 e. The second-order valence-electron chi connectivity index (χ2n) is 8.49. The van der Waals surface area contributed by atoms with Gasteiger partial charge in [-0.3, -0.25) is 4.79 Å². The number of carbonyl (C=O) groups is 1. The van der Waals surface area contributed by atoms with Crippen molar-refractivity contribution >= 4 is 26.0 Å². The Labute approximate surface area is 195 Å². The van der Waals surface area contributed by atoms with Crippen LogP contribution in [-0.2, 0) is 31.4 Å². The molecule has 8 nitrogen and oxygen atoms in total. The van der Waals surface area contributed by atoms with E-state index in [0.29, 0.717) is 32.5 Å². The van der Waals surface area contributed by atoms with Crippen LogP contribution < -0.4 is 5.32 Å². The summed E-state index contributed by atoms with van der Waals surface area (Å²) in [6.07, 6.45) is 3.01. The molecule has 2 aliphatic rings. The quantitative estimate of drug-likeness (QED) is 0.639. The van der Waals surface area contributed by atoms with E-state index >= 15 is 0 Å². The standard InChI is InChI=1S/C23H29N3O5S2/c27-23(20-7-6-16-26(18-20)33(30,31)21-8-2-1-3-9-21)24-17-19-10-12-22(13-11-19)32(28,29)25-14-4-5-15-25/h1-3,8-13,20H,4-7,14-18H2,(H,24,27). The molecule has 1 atom stereocenters. The summed E-state index contributed by atoms with van der Waals surface area (Å²) < 4.78 is 53.9. The number of benzene rings is 2. The molecule has 2 aromatic rings. The fraction of sp³-hybridized carbons (Fsp3) is 0.435. The van der Waals surface area contributed by atoms with Crippen molar-refractivity contribution < 1.29 is 21.6 Å². The highest BCUT2D eigenvalue weighted by Crippen LogP contribution is 2.24. The van der Waals surface area contributed by atoms with E-state index in [1.165, 1.54) is 8.61 Å². The third-order valence-corrected chi connectivity index (χ3v) is 10.0. The zero-order chi connectivity index (χ0) is 23.5. The molecule has 2 heterocycles. The summed E-state index contributed by atoms with van der Waals surface area (Å²) in [5.41, 5.74) is 0.785. The van der Waals surface area contributed by atoms with E-state index in [4.69, 9.17) is 0 Å². The second-order valence-corrected chi connectivity index (χ2v) is 12.4. The van der Waals surface area contributed by atoms with Crippen molar-refractivity contribution in [2.75, 3.05) is 26.2 Å². The van der Waals surface area contributed by atoms with Crippen LogP contribution in [-0.4, -0.2) is 57.5 Å². The maximum Gasteiger partial charge on any atom is 0.243 e. The molecule has 0 aromatic heterocycles. The lowest BCUT2D eigenvalue weighted by atomic mass is 9.99. The third kappa shape index (κ3) is 5.29. The van der Waals surface area contributed by atoms with Crippen LogP contribution in [0, 0.1) is 5.92 Å². The van der Waals surface area contributed by atoms with Crippen molar-refractivity contribution in [3.05, 3.63) is 60.2 Å². The van der Waals surface area contributed by atoms with Gasteiger partial charge < -0.3 is 5.32 Å². The summed E-state index contributed by atoms with van der Waals surface area (Å²) in [6, 6.07) is 14.8. The number of sulfonamides is 2. The van der Waals surface area contributed by atoms with Gasteiger partial charge in [0.15, 0.2) is 0 Å². The van der Waals surface area contributed by atoms with Crippen LogP contribution in [0.3, 0.4) is 0 Å². The van der Waals surface area contributed by atoms with Crippen LogP contribution in [0.4, 0.5) is 0 Å². The molecular formula is C23H29N3O5S2. The summed E-state index contributed by atoms with van der Waals surface area (Å²) >= 11 is 0. The van der Waals surface area contributed by atoms with Gasteiger partial charge in [-0.25, -0.2) is 16.8 Å². The average Bonchev–Trinajstić information content (AvgIpc) is 3.39. The van der Waals surface area contributed by atoms with Crippen LogP contribution in [0.1, 0.15) is 31.2 Å². The lowest BCUT2D eigenvalue weighted by Gasteiger charge is -2.31. The van der Waals surface area contributed by atoms with E-state index in [1.54, 1.807) is 54.6 Å². The van der Waals surface area contributed by atoms with Crippen LogP contribution >= 0.6 is 0 Å². The molecule has 2 aromatic carbocycles. The van der Waals surface area contributed by atoms with Crippen molar-refractivity contribution in [1.29, 1.82) is 0 Å². The Morgan fingerprint density at radius 3 is 2.03 bits per heavy atom. The van der Waals surface area contributed by atoms with E-state index in [2.05, 4.69) is 5.32 Å². The first-order valence-corrected chi connectivity index (χ1v) is 14.1. The highest BCUT2D eigenvalue weighted by Gasteiger charge is 2.33. The van der Waals surface area contributed by atoms with Gasteiger partial charge >= 0.3 is 0 Å². The molecule has 2 fully saturated rings. The third-order valence-electron chi connectivity index (χ3n) is 6.23. The topological polar surface area (TPSA) is 104 Å². The Hall–Kier alpha value is -2.27. The van der Waals surface area contributed by atoms with Gasteiger partial charge in [0.1, 0.15) is 0 Å². The maximum atomic E-state index is 12.9. The molecule has 0 aliphatic carbocycles. The van der Waals surface area contributed by atoms with Crippen LogP contribution in [0.15, 0.2) is 64.4 Å². The molecule has 10 heteroatoms. The Kier molecular flexibility index (Phi) is 7.18. The lowest BCUT2D eigenvalue weighted by molar-refractivity contribution is -0.126. The van der Waals surface area contributed by atoms with Crippen LogP contribution in [0.2, 0.25) is 0 Å². The van der Waals surface area contributed by atoms with E-state index < -0.39 is 26.0 Å². The first-order valence-electron chi connectivity index (χ1n) is 11.2. The van der Waals surface area contributed by atoms with Gasteiger partial charge in [0.25, 0.3) is 0 Å². The predicted molar refractivity (Wildman–Crippen MR) is 124 cm³/mol. The molecule has 2 aliphatic heterocycles. The first-order chi connectivity index (χ1) is 15.8. The minimum Gasteiger partial charge on any atom is -0.352 e. The van der Waals surface area contributed by atoms with E-state index in [1.807, 2.05) is 0 Å². The van der Waals surface area contributed by atoms with Gasteiger partial charge in [0, 0.05) is 32.7 Å². The lowest BCUT2D eigenvalue weighted by Crippen LogP contribution is -2.45. The monoisotopic (exact) mass is 491 g/mol. The molecule has 0 saturated carbocycles. The second kappa shape index (κ2) is 9.92. The SMILES string of the molecule is O=C(NCc1ccc(S(=O)(=O)N2CCCC2)cc1)C1CCCN(S(=O)(=O)c2ccccc2)C1. The molecule has 1 N–H and O–H groups in total. The van der Waals surface area contributed by atoms with Crippen molar-refractivity contribution in [3.63, 3.8) is 0 Å². The van der Waals surface area contributed by atoms with Gasteiger partial charge in [0.05, 0.1) is 15.7 Å². The predicted octanol–water partition coefficient (Wildman–Crippen LogP) is 2.19. The molecule has 1 amide bonds. The molecule has 33 heavy (non-hydrogen) atoms. The number of nitrogens with one attached hydrogen (secondary N) is 1.